The van der Waals surface area contributed by atoms with E-state index < -0.39 is 86.8 Å². The Bertz CT molecular complexity index is 1200. The number of rotatable bonds is 37. The maximum Gasteiger partial charge on any atom is 0.220 e. The molecule has 12 atom stereocenters. The zero-order valence-electron chi connectivity index (χ0n) is 38.8. The van der Waals surface area contributed by atoms with Crippen LogP contribution in [-0.2, 0) is 23.7 Å². The van der Waals surface area contributed by atoms with Crippen molar-refractivity contribution in [3.8, 4) is 0 Å². The van der Waals surface area contributed by atoms with Crippen LogP contribution in [0.4, 0.5) is 0 Å². The molecule has 1 amide bonds. The minimum atomic E-state index is -1.78. The van der Waals surface area contributed by atoms with E-state index in [-0.39, 0.29) is 12.5 Å². The number of nitrogens with one attached hydrogen (secondary N) is 1. The van der Waals surface area contributed by atoms with Gasteiger partial charge in [-0.3, -0.25) is 4.79 Å². The minimum Gasteiger partial charge on any atom is -0.394 e. The van der Waals surface area contributed by atoms with Gasteiger partial charge in [0.15, 0.2) is 12.6 Å². The Morgan fingerprint density at radius 2 is 1.05 bits per heavy atom. The topological polar surface area (TPSA) is 228 Å². The summed E-state index contributed by atoms with van der Waals surface area (Å²) >= 11 is 0. The molecular weight excluding hydrogens is 811 g/mol. The fourth-order valence-corrected chi connectivity index (χ4v) is 8.01. The van der Waals surface area contributed by atoms with Gasteiger partial charge in [0.25, 0.3) is 0 Å². The summed E-state index contributed by atoms with van der Waals surface area (Å²) in [6.07, 6.45) is 23.4. The highest BCUT2D eigenvalue weighted by molar-refractivity contribution is 5.76. The molecule has 0 radical (unpaired) electrons. The molecule has 12 unspecified atom stereocenters. The summed E-state index contributed by atoms with van der Waals surface area (Å²) in [5.74, 6) is -0.221. The average molecular weight is 900 g/mol. The van der Waals surface area contributed by atoms with Gasteiger partial charge in [-0.1, -0.05) is 153 Å². The molecule has 0 spiro atoms. The number of hydrogen-bond donors (Lipinski definition) is 9. The molecule has 0 aromatic heterocycles. The van der Waals surface area contributed by atoms with Crippen molar-refractivity contribution >= 4 is 5.91 Å². The van der Waals surface area contributed by atoms with Crippen molar-refractivity contribution in [1.29, 1.82) is 0 Å². The summed E-state index contributed by atoms with van der Waals surface area (Å²) < 4.78 is 22.6. The first kappa shape index (κ1) is 57.3. The number of carbonyl (C=O) groups excluding carboxylic acids is 1. The number of carbonyl (C=O) groups is 1. The molecule has 2 aliphatic rings. The van der Waals surface area contributed by atoms with Gasteiger partial charge in [0.05, 0.1) is 32.0 Å². The van der Waals surface area contributed by atoms with Crippen molar-refractivity contribution in [1.82, 2.24) is 5.32 Å². The smallest absolute Gasteiger partial charge is 0.220 e. The molecule has 2 rings (SSSR count). The zero-order chi connectivity index (χ0) is 46.1. The molecule has 63 heavy (non-hydrogen) atoms. The van der Waals surface area contributed by atoms with Gasteiger partial charge in [-0.05, 0) is 51.4 Å². The van der Waals surface area contributed by atoms with Crippen LogP contribution in [0.5, 0.6) is 0 Å². The molecule has 0 aliphatic carbocycles. The van der Waals surface area contributed by atoms with Crippen LogP contribution in [0.2, 0.25) is 0 Å². The lowest BCUT2D eigenvalue weighted by atomic mass is 9.97. The average Bonchev–Trinajstić information content (AvgIpc) is 3.28. The summed E-state index contributed by atoms with van der Waals surface area (Å²) in [5, 5.41) is 86.4. The van der Waals surface area contributed by atoms with E-state index in [1.807, 2.05) is 0 Å². The lowest BCUT2D eigenvalue weighted by Crippen LogP contribution is -2.65. The van der Waals surface area contributed by atoms with Gasteiger partial charge in [-0.2, -0.15) is 0 Å². The van der Waals surface area contributed by atoms with Crippen molar-refractivity contribution < 1.29 is 64.6 Å². The fraction of sp³-hybridized carbons (Fsp3) is 0.857. The molecule has 0 bridgehead atoms. The first-order chi connectivity index (χ1) is 30.6. The molecule has 2 aliphatic heterocycles. The van der Waals surface area contributed by atoms with E-state index >= 15 is 0 Å². The Hall–Kier alpha value is -1.79. The normalized spacial score (nSPS) is 27.8. The van der Waals surface area contributed by atoms with Crippen molar-refractivity contribution in [3.05, 3.63) is 36.5 Å². The summed E-state index contributed by atoms with van der Waals surface area (Å²) in [4.78, 5) is 13.1. The molecule has 0 aromatic rings. The van der Waals surface area contributed by atoms with E-state index in [0.29, 0.717) is 19.3 Å². The van der Waals surface area contributed by atoms with E-state index in [1.165, 1.54) is 64.2 Å². The van der Waals surface area contributed by atoms with Gasteiger partial charge in [-0.15, -0.1) is 0 Å². The van der Waals surface area contributed by atoms with Crippen LogP contribution in [0.3, 0.4) is 0 Å². The van der Waals surface area contributed by atoms with Crippen molar-refractivity contribution in [2.75, 3.05) is 19.8 Å². The number of amides is 1. The maximum atomic E-state index is 13.1. The summed E-state index contributed by atoms with van der Waals surface area (Å²) in [6.45, 7) is 2.74. The van der Waals surface area contributed by atoms with Crippen molar-refractivity contribution in [2.45, 2.75) is 248 Å². The first-order valence-corrected chi connectivity index (χ1v) is 24.7. The summed E-state index contributed by atoms with van der Waals surface area (Å²) in [5.41, 5.74) is 0. The zero-order valence-corrected chi connectivity index (χ0v) is 38.8. The van der Waals surface area contributed by atoms with Gasteiger partial charge in [0.2, 0.25) is 5.91 Å². The highest BCUT2D eigenvalue weighted by atomic mass is 16.7. The molecule has 14 heteroatoms. The molecule has 0 aromatic carbocycles. The summed E-state index contributed by atoms with van der Waals surface area (Å²) in [7, 11) is 0. The number of aliphatic hydroxyl groups is 8. The second-order valence-corrected chi connectivity index (χ2v) is 17.6. The predicted octanol–water partition coefficient (Wildman–Crippen LogP) is 5.93. The third-order valence-electron chi connectivity index (χ3n) is 12.1. The Labute approximate surface area is 379 Å². The SMILES string of the molecule is CCCCCCC/C=C\C/C=C\C/C=C\CCCCCCCCCCC(=O)NC(COC1OC(CO)C(OC2OC(CO)C(O)C(O)C2O)C(O)C1O)C(O)CCCCCCCC. The Balaban J connectivity index is 1.72. The van der Waals surface area contributed by atoms with Gasteiger partial charge >= 0.3 is 0 Å². The quantitative estimate of drug-likeness (QED) is 0.0261. The Morgan fingerprint density at radius 3 is 1.60 bits per heavy atom. The minimum absolute atomic E-state index is 0.221. The lowest BCUT2D eigenvalue weighted by molar-refractivity contribution is -0.359. The first-order valence-electron chi connectivity index (χ1n) is 24.7. The lowest BCUT2D eigenvalue weighted by Gasteiger charge is -2.46. The van der Waals surface area contributed by atoms with Crippen LogP contribution >= 0.6 is 0 Å². The van der Waals surface area contributed by atoms with Gasteiger partial charge in [0.1, 0.15) is 48.8 Å². The highest BCUT2D eigenvalue weighted by Crippen LogP contribution is 2.30. The molecule has 9 N–H and O–H groups in total. The molecule has 2 heterocycles. The Kier molecular flexibility index (Phi) is 33.1. The third kappa shape index (κ3) is 24.0. The standard InChI is InChI=1S/C49H89NO13/c1-3-5-7-9-11-12-13-14-15-16-17-18-19-20-21-22-23-24-25-26-27-29-31-33-41(54)50-37(38(53)32-30-28-10-8-6-4-2)36-60-48-46(59)44(57)47(40(35-52)62-48)63-49-45(58)43(56)42(55)39(34-51)61-49/h13-14,16-17,19-20,37-40,42-49,51-53,55-59H,3-12,15,18,21-36H2,1-2H3,(H,50,54)/b14-13-,17-16-,20-19-. The summed E-state index contributed by atoms with van der Waals surface area (Å²) in [6, 6.07) is -0.829. The molecule has 368 valence electrons. The predicted molar refractivity (Wildman–Crippen MR) is 244 cm³/mol. The largest absolute Gasteiger partial charge is 0.394 e. The van der Waals surface area contributed by atoms with Crippen LogP contribution in [0, 0.1) is 0 Å². The molecule has 2 saturated heterocycles. The number of aliphatic hydroxyl groups excluding tert-OH is 8. The van der Waals surface area contributed by atoms with Crippen molar-refractivity contribution in [3.63, 3.8) is 0 Å². The van der Waals surface area contributed by atoms with Crippen LogP contribution in [0.1, 0.15) is 174 Å². The fourth-order valence-electron chi connectivity index (χ4n) is 8.01. The molecule has 14 nitrogen and oxygen atoms in total. The van der Waals surface area contributed by atoms with E-state index in [4.69, 9.17) is 18.9 Å². The van der Waals surface area contributed by atoms with E-state index in [2.05, 4.69) is 55.6 Å². The molecule has 0 saturated carbocycles. The Morgan fingerprint density at radius 1 is 0.571 bits per heavy atom. The van der Waals surface area contributed by atoms with E-state index in [1.54, 1.807) is 0 Å². The molecular formula is C49H89NO13. The number of hydrogen-bond acceptors (Lipinski definition) is 13. The highest BCUT2D eigenvalue weighted by Gasteiger charge is 2.51. The van der Waals surface area contributed by atoms with E-state index in [0.717, 1.165) is 77.0 Å². The van der Waals surface area contributed by atoms with Crippen LogP contribution in [0.25, 0.3) is 0 Å². The number of allylic oxidation sites excluding steroid dienone is 6. The number of unbranched alkanes of at least 4 members (excludes halogenated alkanes) is 18. The van der Waals surface area contributed by atoms with Crippen LogP contribution in [0.15, 0.2) is 36.5 Å². The van der Waals surface area contributed by atoms with Crippen molar-refractivity contribution in [2.24, 2.45) is 0 Å². The van der Waals surface area contributed by atoms with Gasteiger partial charge in [-0.25, -0.2) is 0 Å². The van der Waals surface area contributed by atoms with Crippen LogP contribution < -0.4 is 5.32 Å². The van der Waals surface area contributed by atoms with Gasteiger partial charge < -0.3 is 65.1 Å². The van der Waals surface area contributed by atoms with Gasteiger partial charge in [0, 0.05) is 6.42 Å². The maximum absolute atomic E-state index is 13.1. The second kappa shape index (κ2) is 36.3. The monoisotopic (exact) mass is 900 g/mol. The number of ether oxygens (including phenoxy) is 4. The van der Waals surface area contributed by atoms with Crippen LogP contribution in [-0.4, -0.2) is 140 Å². The second-order valence-electron chi connectivity index (χ2n) is 17.6. The van der Waals surface area contributed by atoms with E-state index in [9.17, 15) is 45.6 Å². The third-order valence-corrected chi connectivity index (χ3v) is 12.1. The molecule has 2 fully saturated rings.